The number of aryl methyl sites for hydroxylation is 1. The second kappa shape index (κ2) is 6.81. The van der Waals surface area contributed by atoms with Crippen molar-refractivity contribution < 1.29 is 9.59 Å². The number of benzene rings is 2. The van der Waals surface area contributed by atoms with Crippen LogP contribution in [0.3, 0.4) is 0 Å². The minimum absolute atomic E-state index is 0.264. The molecule has 4 nitrogen and oxygen atoms in total. The van der Waals surface area contributed by atoms with Crippen LogP contribution in [0.2, 0.25) is 10.0 Å². The summed E-state index contributed by atoms with van der Waals surface area (Å²) in [7, 11) is 0. The van der Waals surface area contributed by atoms with Crippen LogP contribution in [0.1, 0.15) is 11.1 Å². The summed E-state index contributed by atoms with van der Waals surface area (Å²) < 4.78 is 0. The van der Waals surface area contributed by atoms with Crippen molar-refractivity contribution in [1.82, 2.24) is 0 Å². The normalized spacial score (nSPS) is 10.2. The van der Waals surface area contributed by atoms with Crippen LogP contribution in [0, 0.1) is 13.8 Å². The highest BCUT2D eigenvalue weighted by Gasteiger charge is 2.16. The second-order valence-corrected chi connectivity index (χ2v) is 5.62. The Morgan fingerprint density at radius 1 is 0.909 bits per heavy atom. The highest BCUT2D eigenvalue weighted by molar-refractivity contribution is 6.45. The van der Waals surface area contributed by atoms with Gasteiger partial charge in [0.2, 0.25) is 0 Å². The van der Waals surface area contributed by atoms with Gasteiger partial charge in [0.25, 0.3) is 0 Å². The molecular formula is C16H14Cl2N2O2. The quantitative estimate of drug-likeness (QED) is 0.808. The topological polar surface area (TPSA) is 58.2 Å². The average molecular weight is 337 g/mol. The molecule has 2 rings (SSSR count). The van der Waals surface area contributed by atoms with E-state index in [1.54, 1.807) is 12.1 Å². The van der Waals surface area contributed by atoms with Crippen molar-refractivity contribution in [1.29, 1.82) is 0 Å². The third-order valence-electron chi connectivity index (χ3n) is 3.24. The maximum Gasteiger partial charge on any atom is 0.314 e. The fourth-order valence-corrected chi connectivity index (χ4v) is 2.29. The Morgan fingerprint density at radius 3 is 2.18 bits per heavy atom. The maximum atomic E-state index is 12.0. The van der Waals surface area contributed by atoms with Gasteiger partial charge in [0, 0.05) is 10.7 Å². The number of rotatable bonds is 2. The molecule has 0 bridgehead atoms. The Hall–Kier alpha value is -2.04. The van der Waals surface area contributed by atoms with Crippen molar-refractivity contribution >= 4 is 46.4 Å². The predicted octanol–water partition coefficient (Wildman–Crippen LogP) is 4.19. The number of anilines is 2. The van der Waals surface area contributed by atoms with Gasteiger partial charge in [0.1, 0.15) is 0 Å². The summed E-state index contributed by atoms with van der Waals surface area (Å²) in [4.78, 5) is 23.9. The van der Waals surface area contributed by atoms with Gasteiger partial charge in [-0.15, -0.1) is 0 Å². The van der Waals surface area contributed by atoms with Gasteiger partial charge in [-0.2, -0.15) is 0 Å². The molecule has 22 heavy (non-hydrogen) atoms. The van der Waals surface area contributed by atoms with E-state index >= 15 is 0 Å². The first-order valence-corrected chi connectivity index (χ1v) is 7.27. The van der Waals surface area contributed by atoms with E-state index in [4.69, 9.17) is 23.2 Å². The van der Waals surface area contributed by atoms with Crippen LogP contribution in [0.15, 0.2) is 36.4 Å². The van der Waals surface area contributed by atoms with Gasteiger partial charge in [-0.3, -0.25) is 9.59 Å². The molecule has 0 saturated carbocycles. The van der Waals surface area contributed by atoms with Gasteiger partial charge in [-0.1, -0.05) is 35.3 Å². The van der Waals surface area contributed by atoms with Gasteiger partial charge in [0.15, 0.2) is 0 Å². The molecule has 0 atom stereocenters. The number of halogens is 2. The van der Waals surface area contributed by atoms with Gasteiger partial charge in [-0.25, -0.2) is 0 Å². The van der Waals surface area contributed by atoms with Crippen molar-refractivity contribution in [2.75, 3.05) is 10.6 Å². The summed E-state index contributed by atoms with van der Waals surface area (Å²) in [5.41, 5.74) is 2.86. The summed E-state index contributed by atoms with van der Waals surface area (Å²) in [6.45, 7) is 3.80. The molecule has 114 valence electrons. The first-order chi connectivity index (χ1) is 10.4. The molecule has 2 aromatic rings. The molecule has 0 fully saturated rings. The zero-order valence-electron chi connectivity index (χ0n) is 12.0. The van der Waals surface area contributed by atoms with E-state index in [9.17, 15) is 9.59 Å². The number of carbonyl (C=O) groups excluding carboxylic acids is 2. The Bertz CT molecular complexity index is 745. The Morgan fingerprint density at radius 2 is 1.55 bits per heavy atom. The lowest BCUT2D eigenvalue weighted by Crippen LogP contribution is -2.29. The predicted molar refractivity (Wildman–Crippen MR) is 89.6 cm³/mol. The van der Waals surface area contributed by atoms with Gasteiger partial charge < -0.3 is 10.6 Å². The summed E-state index contributed by atoms with van der Waals surface area (Å²) >= 11 is 11.7. The molecule has 0 aromatic heterocycles. The highest BCUT2D eigenvalue weighted by atomic mass is 35.5. The minimum atomic E-state index is -0.801. The van der Waals surface area contributed by atoms with Crippen LogP contribution in [0.5, 0.6) is 0 Å². The van der Waals surface area contributed by atoms with E-state index in [0.29, 0.717) is 16.4 Å². The number of hydrogen-bond donors (Lipinski definition) is 2. The van der Waals surface area contributed by atoms with Gasteiger partial charge in [-0.05, 0) is 49.2 Å². The lowest BCUT2D eigenvalue weighted by atomic mass is 10.1. The summed E-state index contributed by atoms with van der Waals surface area (Å²) in [6.07, 6.45) is 0. The highest BCUT2D eigenvalue weighted by Crippen LogP contribution is 2.25. The van der Waals surface area contributed by atoms with E-state index in [1.165, 1.54) is 12.1 Å². The molecular weight excluding hydrogens is 323 g/mol. The largest absolute Gasteiger partial charge is 0.318 e. The van der Waals surface area contributed by atoms with E-state index in [2.05, 4.69) is 10.6 Å². The first-order valence-electron chi connectivity index (χ1n) is 6.52. The zero-order chi connectivity index (χ0) is 16.3. The zero-order valence-corrected chi connectivity index (χ0v) is 13.5. The third kappa shape index (κ3) is 3.78. The van der Waals surface area contributed by atoms with Crippen LogP contribution in [0.25, 0.3) is 0 Å². The van der Waals surface area contributed by atoms with Gasteiger partial charge in [0.05, 0.1) is 10.7 Å². The number of nitrogens with one attached hydrogen (secondary N) is 2. The van der Waals surface area contributed by atoms with Crippen molar-refractivity contribution in [2.24, 2.45) is 0 Å². The van der Waals surface area contributed by atoms with Crippen LogP contribution >= 0.6 is 23.2 Å². The van der Waals surface area contributed by atoms with Crippen LogP contribution in [0.4, 0.5) is 11.4 Å². The monoisotopic (exact) mass is 336 g/mol. The SMILES string of the molecule is Cc1cccc(NC(=O)C(=O)Nc2ccc(Cl)cc2Cl)c1C. The lowest BCUT2D eigenvalue weighted by Gasteiger charge is -2.11. The average Bonchev–Trinajstić information content (AvgIpc) is 2.46. The third-order valence-corrected chi connectivity index (χ3v) is 3.79. The first kappa shape index (κ1) is 16.3. The van der Waals surface area contributed by atoms with E-state index in [1.807, 2.05) is 26.0 Å². The molecule has 6 heteroatoms. The van der Waals surface area contributed by atoms with Crippen molar-refractivity contribution in [3.63, 3.8) is 0 Å². The molecule has 2 aromatic carbocycles. The second-order valence-electron chi connectivity index (χ2n) is 4.78. The number of hydrogen-bond acceptors (Lipinski definition) is 2. The summed E-state index contributed by atoms with van der Waals surface area (Å²) in [5, 5.41) is 5.74. The maximum absolute atomic E-state index is 12.0. The molecule has 0 spiro atoms. The lowest BCUT2D eigenvalue weighted by molar-refractivity contribution is -0.133. The van der Waals surface area contributed by atoms with Gasteiger partial charge >= 0.3 is 11.8 Å². The molecule has 0 saturated heterocycles. The van der Waals surface area contributed by atoms with E-state index in [-0.39, 0.29) is 5.02 Å². The molecule has 0 aliphatic rings. The smallest absolute Gasteiger partial charge is 0.314 e. The standard InChI is InChI=1S/C16H14Cl2N2O2/c1-9-4-3-5-13(10(9)2)19-15(21)16(22)20-14-7-6-11(17)8-12(14)18/h3-8H,1-2H3,(H,19,21)(H,20,22). The fourth-order valence-electron chi connectivity index (χ4n) is 1.84. The van der Waals surface area contributed by atoms with Crippen molar-refractivity contribution in [2.45, 2.75) is 13.8 Å². The number of amides is 2. The molecule has 0 heterocycles. The molecule has 0 aliphatic carbocycles. The fraction of sp³-hybridized carbons (Fsp3) is 0.125. The Kier molecular flexibility index (Phi) is 5.06. The van der Waals surface area contributed by atoms with Crippen molar-refractivity contribution in [3.8, 4) is 0 Å². The molecule has 0 radical (unpaired) electrons. The Balaban J connectivity index is 2.09. The summed E-state index contributed by atoms with van der Waals surface area (Å²) in [6, 6.07) is 10.1. The Labute approximate surface area is 138 Å². The van der Waals surface area contributed by atoms with Crippen LogP contribution in [-0.4, -0.2) is 11.8 Å². The van der Waals surface area contributed by atoms with Crippen LogP contribution in [-0.2, 0) is 9.59 Å². The number of carbonyl (C=O) groups is 2. The van der Waals surface area contributed by atoms with Crippen molar-refractivity contribution in [3.05, 3.63) is 57.6 Å². The molecule has 2 N–H and O–H groups in total. The molecule has 0 aliphatic heterocycles. The minimum Gasteiger partial charge on any atom is -0.318 e. The van der Waals surface area contributed by atoms with E-state index < -0.39 is 11.8 Å². The molecule has 2 amide bonds. The van der Waals surface area contributed by atoms with E-state index in [0.717, 1.165) is 11.1 Å². The molecule has 0 unspecified atom stereocenters. The van der Waals surface area contributed by atoms with Crippen LogP contribution < -0.4 is 10.6 Å². The summed E-state index contributed by atoms with van der Waals surface area (Å²) in [5.74, 6) is -1.56.